The Hall–Kier alpha value is -1.06. The Morgan fingerprint density at radius 2 is 2.00 bits per heavy atom. The van der Waals surface area contributed by atoms with Gasteiger partial charge in [0.1, 0.15) is 5.75 Å². The summed E-state index contributed by atoms with van der Waals surface area (Å²) in [6.07, 6.45) is 0. The second-order valence-electron chi connectivity index (χ2n) is 3.55. The maximum Gasteiger partial charge on any atom is 0.123 e. The van der Waals surface area contributed by atoms with Crippen molar-refractivity contribution >= 4 is 0 Å². The number of rotatable bonds is 6. The molecule has 3 heteroatoms. The van der Waals surface area contributed by atoms with Crippen LogP contribution in [0.25, 0.3) is 0 Å². The van der Waals surface area contributed by atoms with E-state index < -0.39 is 0 Å². The third kappa shape index (κ3) is 3.90. The number of nitrogens with one attached hydrogen (secondary N) is 1. The Morgan fingerprint density at radius 3 is 2.67 bits per heavy atom. The molecule has 0 aromatic heterocycles. The highest BCUT2D eigenvalue weighted by molar-refractivity contribution is 5.32. The van der Waals surface area contributed by atoms with Gasteiger partial charge >= 0.3 is 0 Å². The third-order valence-corrected chi connectivity index (χ3v) is 2.25. The number of ether oxygens (including phenoxy) is 2. The van der Waals surface area contributed by atoms with E-state index in [2.05, 4.69) is 18.3 Å². The average Bonchev–Trinajstić information content (AvgIpc) is 2.27. The molecule has 0 radical (unpaired) electrons. The van der Waals surface area contributed by atoms with Gasteiger partial charge in [-0.25, -0.2) is 0 Å². The molecule has 0 bridgehead atoms. The third-order valence-electron chi connectivity index (χ3n) is 2.25. The molecule has 0 fully saturated rings. The van der Waals surface area contributed by atoms with Gasteiger partial charge in [-0.3, -0.25) is 0 Å². The predicted molar refractivity (Wildman–Crippen MR) is 61.2 cm³/mol. The molecule has 0 heterocycles. The standard InChI is InChI=1S/C12H19NO2/c1-10(9-14-2)13-8-11-6-4-5-7-12(11)15-3/h4-7,10,13H,8-9H2,1-3H3/t10-/m0/s1. The summed E-state index contributed by atoms with van der Waals surface area (Å²) in [5, 5.41) is 3.37. The van der Waals surface area contributed by atoms with Crippen LogP contribution in [0.2, 0.25) is 0 Å². The van der Waals surface area contributed by atoms with Gasteiger partial charge in [-0.2, -0.15) is 0 Å². The number of methoxy groups -OCH3 is 2. The van der Waals surface area contributed by atoms with Crippen molar-refractivity contribution in [3.8, 4) is 5.75 Å². The monoisotopic (exact) mass is 209 g/mol. The lowest BCUT2D eigenvalue weighted by Gasteiger charge is -2.14. The average molecular weight is 209 g/mol. The summed E-state index contributed by atoms with van der Waals surface area (Å²) in [4.78, 5) is 0. The fourth-order valence-electron chi connectivity index (χ4n) is 1.44. The summed E-state index contributed by atoms with van der Waals surface area (Å²) in [6, 6.07) is 8.37. The first kappa shape index (κ1) is 12.0. The molecule has 1 atom stereocenters. The second kappa shape index (κ2) is 6.43. The van der Waals surface area contributed by atoms with Gasteiger partial charge in [0.2, 0.25) is 0 Å². The lowest BCUT2D eigenvalue weighted by Crippen LogP contribution is -2.29. The minimum absolute atomic E-state index is 0.347. The Balaban J connectivity index is 2.49. The molecule has 84 valence electrons. The molecule has 0 aliphatic carbocycles. The summed E-state index contributed by atoms with van der Waals surface area (Å²) < 4.78 is 10.3. The van der Waals surface area contributed by atoms with Crippen molar-refractivity contribution in [2.75, 3.05) is 20.8 Å². The van der Waals surface area contributed by atoms with Gasteiger partial charge in [0, 0.05) is 25.3 Å². The van der Waals surface area contributed by atoms with Crippen LogP contribution in [0.4, 0.5) is 0 Å². The number of benzene rings is 1. The summed E-state index contributed by atoms with van der Waals surface area (Å²) in [7, 11) is 3.40. The normalized spacial score (nSPS) is 12.5. The van der Waals surface area contributed by atoms with Gasteiger partial charge in [0.25, 0.3) is 0 Å². The van der Waals surface area contributed by atoms with Crippen molar-refractivity contribution < 1.29 is 9.47 Å². The molecule has 1 aromatic rings. The molecule has 0 saturated carbocycles. The van der Waals surface area contributed by atoms with Crippen molar-refractivity contribution in [3.63, 3.8) is 0 Å². The van der Waals surface area contributed by atoms with Crippen molar-refractivity contribution in [1.82, 2.24) is 5.32 Å². The van der Waals surface area contributed by atoms with E-state index >= 15 is 0 Å². The van der Waals surface area contributed by atoms with Crippen LogP contribution in [-0.2, 0) is 11.3 Å². The zero-order chi connectivity index (χ0) is 11.1. The van der Waals surface area contributed by atoms with Crippen molar-refractivity contribution in [3.05, 3.63) is 29.8 Å². The van der Waals surface area contributed by atoms with Crippen molar-refractivity contribution in [2.45, 2.75) is 19.5 Å². The van der Waals surface area contributed by atoms with Crippen molar-refractivity contribution in [1.29, 1.82) is 0 Å². The largest absolute Gasteiger partial charge is 0.496 e. The molecule has 0 saturated heterocycles. The Labute approximate surface area is 91.4 Å². The second-order valence-corrected chi connectivity index (χ2v) is 3.55. The van der Waals surface area contributed by atoms with Crippen LogP contribution in [0.15, 0.2) is 24.3 Å². The van der Waals surface area contributed by atoms with Gasteiger partial charge in [-0.15, -0.1) is 0 Å². The van der Waals surface area contributed by atoms with Crippen LogP contribution >= 0.6 is 0 Å². The van der Waals surface area contributed by atoms with Gasteiger partial charge in [0.05, 0.1) is 13.7 Å². The Morgan fingerprint density at radius 1 is 1.27 bits per heavy atom. The van der Waals surface area contributed by atoms with E-state index in [0.29, 0.717) is 6.04 Å². The molecule has 1 aromatic carbocycles. The fourth-order valence-corrected chi connectivity index (χ4v) is 1.44. The molecule has 3 nitrogen and oxygen atoms in total. The minimum Gasteiger partial charge on any atom is -0.496 e. The summed E-state index contributed by atoms with van der Waals surface area (Å²) >= 11 is 0. The van der Waals surface area contributed by atoms with Crippen LogP contribution < -0.4 is 10.1 Å². The van der Waals surface area contributed by atoms with E-state index in [9.17, 15) is 0 Å². The first-order chi connectivity index (χ1) is 7.27. The van der Waals surface area contributed by atoms with Crippen LogP contribution in [-0.4, -0.2) is 26.9 Å². The highest BCUT2D eigenvalue weighted by Gasteiger charge is 2.04. The van der Waals surface area contributed by atoms with E-state index in [0.717, 1.165) is 18.9 Å². The molecular weight excluding hydrogens is 190 g/mol. The van der Waals surface area contributed by atoms with E-state index in [4.69, 9.17) is 9.47 Å². The van der Waals surface area contributed by atoms with Gasteiger partial charge in [-0.05, 0) is 13.0 Å². The number of hydrogen-bond donors (Lipinski definition) is 1. The molecule has 15 heavy (non-hydrogen) atoms. The highest BCUT2D eigenvalue weighted by atomic mass is 16.5. The molecular formula is C12H19NO2. The smallest absolute Gasteiger partial charge is 0.123 e. The summed E-state index contributed by atoms with van der Waals surface area (Å²) in [6.45, 7) is 3.61. The van der Waals surface area contributed by atoms with E-state index in [1.165, 1.54) is 5.56 Å². The van der Waals surface area contributed by atoms with Crippen molar-refractivity contribution in [2.24, 2.45) is 0 Å². The minimum atomic E-state index is 0.347. The first-order valence-electron chi connectivity index (χ1n) is 5.12. The molecule has 0 spiro atoms. The topological polar surface area (TPSA) is 30.5 Å². The van der Waals surface area contributed by atoms with Crippen LogP contribution in [0, 0.1) is 0 Å². The van der Waals surface area contributed by atoms with E-state index in [-0.39, 0.29) is 0 Å². The van der Waals surface area contributed by atoms with Crippen LogP contribution in [0.1, 0.15) is 12.5 Å². The maximum atomic E-state index is 5.27. The van der Waals surface area contributed by atoms with E-state index in [1.54, 1.807) is 14.2 Å². The maximum absolute atomic E-state index is 5.27. The zero-order valence-corrected chi connectivity index (χ0v) is 9.62. The summed E-state index contributed by atoms with van der Waals surface area (Å²) in [5.74, 6) is 0.926. The quantitative estimate of drug-likeness (QED) is 0.775. The van der Waals surface area contributed by atoms with Gasteiger partial charge in [-0.1, -0.05) is 18.2 Å². The Bertz CT molecular complexity index is 289. The SMILES string of the molecule is COC[C@H](C)NCc1ccccc1OC. The lowest BCUT2D eigenvalue weighted by molar-refractivity contribution is 0.171. The van der Waals surface area contributed by atoms with Gasteiger partial charge in [0.15, 0.2) is 0 Å². The molecule has 0 aliphatic heterocycles. The molecule has 1 rings (SSSR count). The highest BCUT2D eigenvalue weighted by Crippen LogP contribution is 2.16. The molecule has 0 aliphatic rings. The van der Waals surface area contributed by atoms with Crippen LogP contribution in [0.3, 0.4) is 0 Å². The van der Waals surface area contributed by atoms with E-state index in [1.807, 2.05) is 18.2 Å². The molecule has 0 amide bonds. The summed E-state index contributed by atoms with van der Waals surface area (Å²) in [5.41, 5.74) is 1.17. The molecule has 0 unspecified atom stereocenters. The zero-order valence-electron chi connectivity index (χ0n) is 9.62. The predicted octanol–water partition coefficient (Wildman–Crippen LogP) is 1.82. The lowest BCUT2D eigenvalue weighted by atomic mass is 10.2. The number of hydrogen-bond acceptors (Lipinski definition) is 3. The Kier molecular flexibility index (Phi) is 5.15. The first-order valence-corrected chi connectivity index (χ1v) is 5.12. The molecule has 1 N–H and O–H groups in total. The van der Waals surface area contributed by atoms with Gasteiger partial charge < -0.3 is 14.8 Å². The van der Waals surface area contributed by atoms with Crippen LogP contribution in [0.5, 0.6) is 5.75 Å². The number of para-hydroxylation sites is 1. The fraction of sp³-hybridized carbons (Fsp3) is 0.500.